The van der Waals surface area contributed by atoms with Gasteiger partial charge in [0.1, 0.15) is 17.7 Å². The molecule has 7 atom stereocenters. The maximum atomic E-state index is 13.3. The molecule has 0 aromatic carbocycles. The molecule has 4 aliphatic rings. The van der Waals surface area contributed by atoms with Crippen LogP contribution in [0.1, 0.15) is 79.1 Å². The average molecular weight is 360 g/mol. The van der Waals surface area contributed by atoms with Crippen molar-refractivity contribution in [2.45, 2.75) is 85.2 Å². The molecule has 144 valence electrons. The van der Waals surface area contributed by atoms with Crippen molar-refractivity contribution in [3.63, 3.8) is 0 Å². The van der Waals surface area contributed by atoms with E-state index in [1.54, 1.807) is 0 Å². The summed E-state index contributed by atoms with van der Waals surface area (Å²) in [6.45, 7) is 8.20. The number of fused-ring (bicyclic) bond motifs is 5. The summed E-state index contributed by atoms with van der Waals surface area (Å²) in [5.41, 5.74) is -0.287. The monoisotopic (exact) mass is 360 g/mol. The van der Waals surface area contributed by atoms with Crippen molar-refractivity contribution in [1.29, 1.82) is 0 Å². The molecule has 4 heteroatoms. The zero-order valence-corrected chi connectivity index (χ0v) is 16.6. The summed E-state index contributed by atoms with van der Waals surface area (Å²) in [7, 11) is 0. The molecular weight excluding hydrogens is 328 g/mol. The second-order valence-corrected chi connectivity index (χ2v) is 10.3. The summed E-state index contributed by atoms with van der Waals surface area (Å²) in [4.78, 5) is 37.3. The van der Waals surface area contributed by atoms with Crippen LogP contribution in [0.5, 0.6) is 0 Å². The van der Waals surface area contributed by atoms with Gasteiger partial charge in [-0.2, -0.15) is 0 Å². The van der Waals surface area contributed by atoms with E-state index in [1.807, 2.05) is 0 Å². The minimum Gasteiger partial charge on any atom is -0.463 e. The van der Waals surface area contributed by atoms with Gasteiger partial charge in [-0.1, -0.05) is 20.8 Å². The van der Waals surface area contributed by atoms with Crippen molar-refractivity contribution >= 4 is 17.5 Å². The summed E-state index contributed by atoms with van der Waals surface area (Å²) in [5, 5.41) is 0. The van der Waals surface area contributed by atoms with E-state index in [0.29, 0.717) is 30.3 Å². The van der Waals surface area contributed by atoms with Crippen LogP contribution >= 0.6 is 0 Å². The minimum atomic E-state index is -0.268. The van der Waals surface area contributed by atoms with Crippen LogP contribution in [0.4, 0.5) is 0 Å². The fraction of sp³-hybridized carbons (Fsp3) is 0.864. The number of carbonyl (C=O) groups excluding carboxylic acids is 3. The van der Waals surface area contributed by atoms with E-state index in [-0.39, 0.29) is 40.2 Å². The van der Waals surface area contributed by atoms with Gasteiger partial charge < -0.3 is 4.74 Å². The molecule has 4 nitrogen and oxygen atoms in total. The Kier molecular flexibility index (Phi) is 3.95. The van der Waals surface area contributed by atoms with E-state index >= 15 is 0 Å². The smallest absolute Gasteiger partial charge is 0.302 e. The van der Waals surface area contributed by atoms with Crippen LogP contribution in [0, 0.1) is 34.0 Å². The summed E-state index contributed by atoms with van der Waals surface area (Å²) in [6, 6.07) is 0. The molecule has 0 bridgehead atoms. The predicted molar refractivity (Wildman–Crippen MR) is 97.3 cm³/mol. The van der Waals surface area contributed by atoms with Crippen molar-refractivity contribution in [1.82, 2.24) is 0 Å². The molecule has 0 amide bonds. The zero-order chi connectivity index (χ0) is 18.9. The summed E-state index contributed by atoms with van der Waals surface area (Å²) < 4.78 is 5.53. The van der Waals surface area contributed by atoms with E-state index in [2.05, 4.69) is 20.8 Å². The van der Waals surface area contributed by atoms with Crippen LogP contribution in [-0.4, -0.2) is 23.6 Å². The average Bonchev–Trinajstić information content (AvgIpc) is 2.84. The molecule has 4 fully saturated rings. The van der Waals surface area contributed by atoms with Crippen LogP contribution in [0.3, 0.4) is 0 Å². The third kappa shape index (κ3) is 2.29. The van der Waals surface area contributed by atoms with Crippen LogP contribution in [0.25, 0.3) is 0 Å². The number of ether oxygens (including phenoxy) is 1. The van der Waals surface area contributed by atoms with Crippen LogP contribution in [0.15, 0.2) is 0 Å². The van der Waals surface area contributed by atoms with E-state index in [9.17, 15) is 14.4 Å². The van der Waals surface area contributed by atoms with E-state index in [0.717, 1.165) is 38.5 Å². The number of ketones is 2. The first-order chi connectivity index (χ1) is 12.1. The zero-order valence-electron chi connectivity index (χ0n) is 16.6. The standard InChI is InChI=1S/C22H32O4/c1-13(23)26-14-7-10-22(4)16-8-9-21(3)15(5-6-18(21)25)19(16)17(24)12-20(22,2)11-14/h14-16,19H,5-12H2,1-4H3/t14-,15+,16-,19-,20-,21+,22-/m1/s1. The Morgan fingerprint density at radius 1 is 1.04 bits per heavy atom. The Balaban J connectivity index is 1.66. The Bertz CT molecular complexity index is 669. The summed E-state index contributed by atoms with van der Waals surface area (Å²) >= 11 is 0. The Labute approximate surface area is 156 Å². The Morgan fingerprint density at radius 3 is 2.46 bits per heavy atom. The van der Waals surface area contributed by atoms with Gasteiger partial charge in [-0.15, -0.1) is 0 Å². The molecule has 4 aliphatic carbocycles. The number of hydrogen-bond donors (Lipinski definition) is 0. The molecule has 0 radical (unpaired) electrons. The van der Waals surface area contributed by atoms with E-state index in [1.165, 1.54) is 6.92 Å². The number of esters is 1. The molecule has 0 N–H and O–H groups in total. The first-order valence-corrected chi connectivity index (χ1v) is 10.3. The highest BCUT2D eigenvalue weighted by atomic mass is 16.5. The van der Waals surface area contributed by atoms with Gasteiger partial charge in [0.05, 0.1) is 0 Å². The van der Waals surface area contributed by atoms with Gasteiger partial charge in [0, 0.05) is 31.1 Å². The van der Waals surface area contributed by atoms with Crippen molar-refractivity contribution < 1.29 is 19.1 Å². The first-order valence-electron chi connectivity index (χ1n) is 10.3. The third-order valence-corrected chi connectivity index (χ3v) is 9.11. The molecule has 0 aliphatic heterocycles. The fourth-order valence-electron chi connectivity index (χ4n) is 7.42. The maximum absolute atomic E-state index is 13.3. The molecule has 0 aromatic rings. The van der Waals surface area contributed by atoms with Crippen LogP contribution < -0.4 is 0 Å². The number of rotatable bonds is 1. The highest BCUT2D eigenvalue weighted by Crippen LogP contribution is 2.68. The predicted octanol–water partition coefficient (Wildman–Crippen LogP) is 4.10. The van der Waals surface area contributed by atoms with Crippen molar-refractivity contribution in [3.8, 4) is 0 Å². The molecule has 0 saturated heterocycles. The van der Waals surface area contributed by atoms with Gasteiger partial charge in [0.25, 0.3) is 0 Å². The van der Waals surface area contributed by atoms with Crippen LogP contribution in [-0.2, 0) is 19.1 Å². The Hall–Kier alpha value is -1.19. The van der Waals surface area contributed by atoms with Gasteiger partial charge in [0.15, 0.2) is 0 Å². The van der Waals surface area contributed by atoms with Crippen LogP contribution in [0.2, 0.25) is 0 Å². The first kappa shape index (κ1) is 18.2. The number of Topliss-reactive ketones (excluding diaryl/α,β-unsaturated/α-hetero) is 2. The van der Waals surface area contributed by atoms with Crippen molar-refractivity contribution in [2.24, 2.45) is 34.0 Å². The third-order valence-electron chi connectivity index (χ3n) is 9.11. The molecule has 4 saturated carbocycles. The lowest BCUT2D eigenvalue weighted by molar-refractivity contribution is -0.185. The maximum Gasteiger partial charge on any atom is 0.302 e. The molecule has 0 aromatic heterocycles. The van der Waals surface area contributed by atoms with E-state index < -0.39 is 0 Å². The lowest BCUT2D eigenvalue weighted by Crippen LogP contribution is -2.61. The molecule has 4 rings (SSSR count). The molecule has 26 heavy (non-hydrogen) atoms. The number of carbonyl (C=O) groups is 3. The molecule has 0 spiro atoms. The Morgan fingerprint density at radius 2 is 1.77 bits per heavy atom. The molecular formula is C22H32O4. The fourth-order valence-corrected chi connectivity index (χ4v) is 7.42. The second kappa shape index (κ2) is 5.65. The summed E-state index contributed by atoms with van der Waals surface area (Å²) in [6.07, 6.45) is 6.67. The topological polar surface area (TPSA) is 60.4 Å². The quantitative estimate of drug-likeness (QED) is 0.661. The van der Waals surface area contributed by atoms with Gasteiger partial charge in [0.2, 0.25) is 0 Å². The highest BCUT2D eigenvalue weighted by molar-refractivity contribution is 5.90. The van der Waals surface area contributed by atoms with E-state index in [4.69, 9.17) is 4.74 Å². The van der Waals surface area contributed by atoms with Gasteiger partial charge in [-0.05, 0) is 61.2 Å². The normalized spacial score (nSPS) is 50.6. The lowest BCUT2D eigenvalue weighted by atomic mass is 9.40. The summed E-state index contributed by atoms with van der Waals surface area (Å²) in [5.74, 6) is 1.20. The van der Waals surface area contributed by atoms with Gasteiger partial charge in [-0.3, -0.25) is 14.4 Å². The SMILES string of the molecule is CC(=O)O[C@@H]1CC[C@]2(C)[C@@H]3CC[C@]4(C)C(=O)CC[C@H]4[C@H]3C(=O)C[C@@]2(C)C1. The molecule has 0 unspecified atom stereocenters. The molecule has 0 heterocycles. The lowest BCUT2D eigenvalue weighted by Gasteiger charge is -2.63. The largest absolute Gasteiger partial charge is 0.463 e. The number of hydrogen-bond acceptors (Lipinski definition) is 4. The van der Waals surface area contributed by atoms with Crippen molar-refractivity contribution in [3.05, 3.63) is 0 Å². The van der Waals surface area contributed by atoms with Crippen molar-refractivity contribution in [2.75, 3.05) is 0 Å². The highest BCUT2D eigenvalue weighted by Gasteiger charge is 2.66. The minimum absolute atomic E-state index is 0.0585. The second-order valence-electron chi connectivity index (χ2n) is 10.3. The van der Waals surface area contributed by atoms with Gasteiger partial charge in [-0.25, -0.2) is 0 Å². The van der Waals surface area contributed by atoms with Gasteiger partial charge >= 0.3 is 5.97 Å².